The Balaban J connectivity index is 1.42. The molecule has 1 saturated carbocycles. The van der Waals surface area contributed by atoms with Gasteiger partial charge in [-0.25, -0.2) is 0 Å². The lowest BCUT2D eigenvalue weighted by atomic mass is 9.85. The number of aromatic nitrogens is 1. The predicted octanol–water partition coefficient (Wildman–Crippen LogP) is 4.95. The van der Waals surface area contributed by atoms with Crippen molar-refractivity contribution in [2.75, 3.05) is 0 Å². The first-order valence-corrected chi connectivity index (χ1v) is 14.2. The van der Waals surface area contributed by atoms with Gasteiger partial charge in [0.2, 0.25) is 11.8 Å². The molecule has 3 aliphatic rings. The molecule has 8 heteroatoms. The van der Waals surface area contributed by atoms with E-state index in [1.807, 2.05) is 26.8 Å². The number of aromatic amines is 1. The van der Waals surface area contributed by atoms with Crippen LogP contribution in [0, 0.1) is 5.92 Å². The highest BCUT2D eigenvalue weighted by molar-refractivity contribution is 5.99. The number of nitrogens with zero attached hydrogens (tertiary/aromatic N) is 1. The van der Waals surface area contributed by atoms with Crippen molar-refractivity contribution in [1.29, 1.82) is 0 Å². The van der Waals surface area contributed by atoms with E-state index in [2.05, 4.69) is 36.3 Å². The fraction of sp³-hybridized carbons (Fsp3) is 0.633. The minimum absolute atomic E-state index is 0.0721. The van der Waals surface area contributed by atoms with Crippen LogP contribution in [0.3, 0.4) is 0 Å². The van der Waals surface area contributed by atoms with Gasteiger partial charge in [-0.1, -0.05) is 13.8 Å². The highest BCUT2D eigenvalue weighted by Crippen LogP contribution is 2.42. The van der Waals surface area contributed by atoms with Gasteiger partial charge >= 0.3 is 5.97 Å². The fourth-order valence-electron chi connectivity index (χ4n) is 6.24. The van der Waals surface area contributed by atoms with E-state index in [-0.39, 0.29) is 42.8 Å². The highest BCUT2D eigenvalue weighted by atomic mass is 16.6. The Labute approximate surface area is 224 Å². The van der Waals surface area contributed by atoms with Crippen LogP contribution in [0.1, 0.15) is 96.9 Å². The molecule has 2 fully saturated rings. The van der Waals surface area contributed by atoms with Crippen LogP contribution < -0.4 is 10.1 Å². The Morgan fingerprint density at radius 1 is 1.16 bits per heavy atom. The van der Waals surface area contributed by atoms with Crippen LogP contribution in [0.2, 0.25) is 0 Å². The van der Waals surface area contributed by atoms with Crippen molar-refractivity contribution in [3.05, 3.63) is 29.5 Å². The van der Waals surface area contributed by atoms with Crippen LogP contribution in [0.4, 0.5) is 0 Å². The molecule has 8 nitrogen and oxygen atoms in total. The largest absolute Gasteiger partial charge is 0.490 e. The number of esters is 1. The maximum absolute atomic E-state index is 13.8. The smallest absolute Gasteiger partial charge is 0.306 e. The molecule has 0 radical (unpaired) electrons. The lowest BCUT2D eigenvalue weighted by Gasteiger charge is -2.46. The number of fused-ring (bicyclic) bond motifs is 4. The highest BCUT2D eigenvalue weighted by Gasteiger charge is 2.48. The quantitative estimate of drug-likeness (QED) is 0.500. The van der Waals surface area contributed by atoms with E-state index >= 15 is 0 Å². The summed E-state index contributed by atoms with van der Waals surface area (Å²) in [7, 11) is 0. The Bertz CT molecular complexity index is 1220. The van der Waals surface area contributed by atoms with Gasteiger partial charge < -0.3 is 24.7 Å². The molecule has 3 heterocycles. The summed E-state index contributed by atoms with van der Waals surface area (Å²) < 4.78 is 11.7. The summed E-state index contributed by atoms with van der Waals surface area (Å²) in [5.41, 5.74) is 2.51. The average molecular weight is 524 g/mol. The molecular weight excluding hydrogens is 482 g/mol. The number of carbonyl (C=O) groups excluding carboxylic acids is 3. The predicted molar refractivity (Wildman–Crippen MR) is 145 cm³/mol. The van der Waals surface area contributed by atoms with Crippen molar-refractivity contribution in [3.63, 3.8) is 0 Å². The molecule has 38 heavy (non-hydrogen) atoms. The lowest BCUT2D eigenvalue weighted by Crippen LogP contribution is -2.66. The Morgan fingerprint density at radius 3 is 2.58 bits per heavy atom. The number of piperazine rings is 1. The van der Waals surface area contributed by atoms with Crippen LogP contribution in [-0.4, -0.2) is 51.5 Å². The van der Waals surface area contributed by atoms with Gasteiger partial charge in [0.1, 0.15) is 23.4 Å². The number of hydrogen-bond donors (Lipinski definition) is 2. The molecular formula is C30H41N3O5. The SMILES string of the molecule is CC(C)C[C@H]1c2[nH]c3cc(OC4CCCC4)ccc3c2C[C@H]2C(=O)N[C@@H](CCC(=O)OC(C)(C)C)C(=O)N21. The summed E-state index contributed by atoms with van der Waals surface area (Å²) in [5.74, 6) is 0.522. The number of ether oxygens (including phenoxy) is 2. The van der Waals surface area contributed by atoms with E-state index in [9.17, 15) is 14.4 Å². The zero-order chi connectivity index (χ0) is 27.2. The van der Waals surface area contributed by atoms with E-state index in [4.69, 9.17) is 9.47 Å². The molecule has 1 saturated heterocycles. The van der Waals surface area contributed by atoms with Gasteiger partial charge in [0.25, 0.3) is 0 Å². The Morgan fingerprint density at radius 2 is 1.89 bits per heavy atom. The number of amides is 2. The van der Waals surface area contributed by atoms with Crippen molar-refractivity contribution in [3.8, 4) is 5.75 Å². The third-order valence-electron chi connectivity index (χ3n) is 7.84. The molecule has 2 aliphatic heterocycles. The van der Waals surface area contributed by atoms with Crippen LogP contribution in [-0.2, 0) is 25.5 Å². The monoisotopic (exact) mass is 523 g/mol. The van der Waals surface area contributed by atoms with E-state index in [0.29, 0.717) is 12.3 Å². The first-order valence-electron chi connectivity index (χ1n) is 14.2. The van der Waals surface area contributed by atoms with E-state index < -0.39 is 17.7 Å². The Hall–Kier alpha value is -3.03. The fourth-order valence-corrected chi connectivity index (χ4v) is 6.24. The van der Waals surface area contributed by atoms with E-state index in [0.717, 1.165) is 47.2 Å². The topological polar surface area (TPSA) is 101 Å². The van der Waals surface area contributed by atoms with E-state index in [1.165, 1.54) is 12.8 Å². The van der Waals surface area contributed by atoms with Crippen molar-refractivity contribution in [2.24, 2.45) is 5.92 Å². The summed E-state index contributed by atoms with van der Waals surface area (Å²) in [6.07, 6.45) is 6.39. The van der Waals surface area contributed by atoms with Gasteiger partial charge in [0.05, 0.1) is 12.1 Å². The van der Waals surface area contributed by atoms with Crippen molar-refractivity contribution in [1.82, 2.24) is 15.2 Å². The third-order valence-corrected chi connectivity index (χ3v) is 7.84. The number of benzene rings is 1. The molecule has 2 N–H and O–H groups in total. The van der Waals surface area contributed by atoms with Gasteiger partial charge in [-0.2, -0.15) is 0 Å². The number of rotatable bonds is 7. The average Bonchev–Trinajstić information content (AvgIpc) is 3.46. The van der Waals surface area contributed by atoms with Crippen molar-refractivity contribution < 1.29 is 23.9 Å². The van der Waals surface area contributed by atoms with Crippen molar-refractivity contribution in [2.45, 2.75) is 116 Å². The molecule has 0 spiro atoms. The van der Waals surface area contributed by atoms with Gasteiger partial charge in [-0.05, 0) is 82.9 Å². The second-order valence-corrected chi connectivity index (χ2v) is 12.5. The molecule has 1 aliphatic carbocycles. The second kappa shape index (κ2) is 10.3. The van der Waals surface area contributed by atoms with Crippen molar-refractivity contribution >= 4 is 28.7 Å². The maximum Gasteiger partial charge on any atom is 0.306 e. The maximum atomic E-state index is 13.8. The van der Waals surface area contributed by atoms with Gasteiger partial charge in [-0.3, -0.25) is 14.4 Å². The molecule has 0 bridgehead atoms. The first kappa shape index (κ1) is 26.6. The molecule has 3 atom stereocenters. The summed E-state index contributed by atoms with van der Waals surface area (Å²) in [6.45, 7) is 9.71. The van der Waals surface area contributed by atoms with Gasteiger partial charge in [0, 0.05) is 35.5 Å². The summed E-state index contributed by atoms with van der Waals surface area (Å²) in [4.78, 5) is 44.9. The van der Waals surface area contributed by atoms with E-state index in [1.54, 1.807) is 4.90 Å². The zero-order valence-electron chi connectivity index (χ0n) is 23.3. The molecule has 5 rings (SSSR count). The van der Waals surface area contributed by atoms with Gasteiger partial charge in [0.15, 0.2) is 0 Å². The minimum atomic E-state index is -0.738. The molecule has 2 aromatic rings. The normalized spacial score (nSPS) is 23.9. The second-order valence-electron chi connectivity index (χ2n) is 12.5. The zero-order valence-corrected chi connectivity index (χ0v) is 23.3. The lowest BCUT2D eigenvalue weighted by molar-refractivity contribution is -0.157. The van der Waals surface area contributed by atoms with Crippen LogP contribution in [0.5, 0.6) is 5.75 Å². The van der Waals surface area contributed by atoms with Crippen LogP contribution >= 0.6 is 0 Å². The molecule has 206 valence electrons. The number of H-pyrrole nitrogens is 1. The summed E-state index contributed by atoms with van der Waals surface area (Å²) >= 11 is 0. The third kappa shape index (κ3) is 5.40. The molecule has 2 amide bonds. The summed E-state index contributed by atoms with van der Waals surface area (Å²) in [5, 5.41) is 3.99. The Kier molecular flexibility index (Phi) is 7.18. The molecule has 1 aromatic heterocycles. The molecule has 0 unspecified atom stereocenters. The summed E-state index contributed by atoms with van der Waals surface area (Å²) in [6, 6.07) is 4.63. The number of hydrogen-bond acceptors (Lipinski definition) is 5. The molecule has 1 aromatic carbocycles. The number of nitrogens with one attached hydrogen (secondary N) is 2. The first-order chi connectivity index (χ1) is 18.0. The minimum Gasteiger partial charge on any atom is -0.490 e. The van der Waals surface area contributed by atoms with Gasteiger partial charge in [-0.15, -0.1) is 0 Å². The number of carbonyl (C=O) groups is 3. The van der Waals surface area contributed by atoms with Crippen LogP contribution in [0.15, 0.2) is 18.2 Å². The standard InChI is InChI=1S/C30H41N3O5/c1-17(2)14-24-27-21(20-11-10-19(15-23(20)31-27)37-18-8-6-7-9-18)16-25-28(35)32-22(29(36)33(24)25)12-13-26(34)38-30(3,4)5/h10-11,15,17-18,22,24-25,31H,6-9,12-14,16H2,1-5H3,(H,32,35)/t22-,24-,25-/m0/s1. The van der Waals surface area contributed by atoms with Crippen LogP contribution in [0.25, 0.3) is 10.9 Å².